The van der Waals surface area contributed by atoms with Crippen LogP contribution >= 0.6 is 0 Å². The number of H-pyrrole nitrogens is 1. The maximum absolute atomic E-state index is 12.7. The third-order valence-electron chi connectivity index (χ3n) is 3.63. The highest BCUT2D eigenvalue weighted by molar-refractivity contribution is 5.92. The fraction of sp³-hybridized carbons (Fsp3) is 0.462. The summed E-state index contributed by atoms with van der Waals surface area (Å²) in [7, 11) is 1.77. The molecule has 2 aromatic heterocycles. The predicted molar refractivity (Wildman–Crippen MR) is 71.1 cm³/mol. The summed E-state index contributed by atoms with van der Waals surface area (Å²) in [6, 6.07) is 1.60. The molecule has 1 amide bonds. The Balaban J connectivity index is 1.92. The molecule has 0 radical (unpaired) electrons. The number of carbonyl (C=O) groups is 1. The van der Waals surface area contributed by atoms with E-state index in [1.807, 2.05) is 11.8 Å². The van der Waals surface area contributed by atoms with Crippen molar-refractivity contribution in [3.05, 3.63) is 35.4 Å². The second-order valence-electron chi connectivity index (χ2n) is 4.90. The molecule has 1 N–H and O–H groups in total. The number of hydrogen-bond acceptors (Lipinski definition) is 4. The molecule has 1 aliphatic heterocycles. The van der Waals surface area contributed by atoms with Crippen LogP contribution in [-0.2, 0) is 11.8 Å². The Kier molecular flexibility index (Phi) is 3.27. The van der Waals surface area contributed by atoms with E-state index in [0.29, 0.717) is 25.5 Å². The Morgan fingerprint density at radius 1 is 1.55 bits per heavy atom. The van der Waals surface area contributed by atoms with Gasteiger partial charge in [0.25, 0.3) is 5.91 Å². The minimum absolute atomic E-state index is 0.0349. The second kappa shape index (κ2) is 5.09. The molecule has 3 heterocycles. The summed E-state index contributed by atoms with van der Waals surface area (Å²) < 4.78 is 7.12. The molecule has 0 spiro atoms. The smallest absolute Gasteiger partial charge is 0.272 e. The number of carbonyl (C=O) groups excluding carboxylic acids is 1. The van der Waals surface area contributed by atoms with Crippen LogP contribution in [0.1, 0.15) is 27.8 Å². The highest BCUT2D eigenvalue weighted by Gasteiger charge is 2.32. The molecule has 1 saturated heterocycles. The van der Waals surface area contributed by atoms with Gasteiger partial charge in [-0.1, -0.05) is 0 Å². The van der Waals surface area contributed by atoms with Crippen LogP contribution in [0.5, 0.6) is 0 Å². The van der Waals surface area contributed by atoms with Gasteiger partial charge in [-0.15, -0.1) is 0 Å². The van der Waals surface area contributed by atoms with E-state index in [-0.39, 0.29) is 11.9 Å². The van der Waals surface area contributed by atoms with Crippen LogP contribution in [0, 0.1) is 6.92 Å². The lowest BCUT2D eigenvalue weighted by Crippen LogP contribution is -2.44. The van der Waals surface area contributed by atoms with Gasteiger partial charge in [-0.05, 0) is 18.6 Å². The number of aromatic nitrogens is 4. The molecule has 2 aromatic rings. The quantitative estimate of drug-likeness (QED) is 0.873. The molecule has 20 heavy (non-hydrogen) atoms. The molecular formula is C13H17N5O2. The first-order valence-electron chi connectivity index (χ1n) is 6.55. The molecule has 1 atom stereocenters. The monoisotopic (exact) mass is 275 g/mol. The van der Waals surface area contributed by atoms with E-state index in [2.05, 4.69) is 15.3 Å². The van der Waals surface area contributed by atoms with Crippen molar-refractivity contribution in [2.24, 2.45) is 7.05 Å². The number of nitrogens with one attached hydrogen (secondary N) is 1. The van der Waals surface area contributed by atoms with Gasteiger partial charge in [0.1, 0.15) is 5.69 Å². The normalized spacial score (nSPS) is 19.3. The Hall–Kier alpha value is -2.15. The zero-order valence-electron chi connectivity index (χ0n) is 11.5. The maximum Gasteiger partial charge on any atom is 0.272 e. The molecule has 3 rings (SSSR count). The number of aryl methyl sites for hydroxylation is 2. The summed E-state index contributed by atoms with van der Waals surface area (Å²) in [5.74, 6) is -0.0349. The van der Waals surface area contributed by atoms with E-state index < -0.39 is 0 Å². The van der Waals surface area contributed by atoms with Crippen molar-refractivity contribution in [2.75, 3.05) is 19.8 Å². The average molecular weight is 275 g/mol. The Labute approximate surface area is 116 Å². The number of amides is 1. The van der Waals surface area contributed by atoms with Gasteiger partial charge in [-0.3, -0.25) is 14.6 Å². The summed E-state index contributed by atoms with van der Waals surface area (Å²) >= 11 is 0. The lowest BCUT2D eigenvalue weighted by Gasteiger charge is -2.35. The first kappa shape index (κ1) is 12.9. The third-order valence-corrected chi connectivity index (χ3v) is 3.63. The summed E-state index contributed by atoms with van der Waals surface area (Å²) in [6.45, 7) is 3.56. The predicted octanol–water partition coefficient (Wildman–Crippen LogP) is 0.665. The number of morpholine rings is 1. The van der Waals surface area contributed by atoms with Gasteiger partial charge >= 0.3 is 0 Å². The molecule has 106 valence electrons. The summed E-state index contributed by atoms with van der Waals surface area (Å²) in [5.41, 5.74) is 2.54. The van der Waals surface area contributed by atoms with E-state index in [1.54, 1.807) is 30.2 Å². The fourth-order valence-corrected chi connectivity index (χ4v) is 2.51. The second-order valence-corrected chi connectivity index (χ2v) is 4.90. The highest BCUT2D eigenvalue weighted by atomic mass is 16.5. The molecule has 1 fully saturated rings. The average Bonchev–Trinajstić information content (AvgIpc) is 3.06. The van der Waals surface area contributed by atoms with Gasteiger partial charge in [-0.25, -0.2) is 0 Å². The van der Waals surface area contributed by atoms with Gasteiger partial charge in [0, 0.05) is 19.8 Å². The standard InChI is InChI=1S/C13H17N5O2/c1-9-7-14-16-12(9)11-8-20-6-5-18(11)13(19)10-3-4-15-17(10)2/h3-4,7,11H,5-6,8H2,1-2H3,(H,14,16). The summed E-state index contributed by atoms with van der Waals surface area (Å²) in [6.07, 6.45) is 3.39. The van der Waals surface area contributed by atoms with Crippen LogP contribution in [0.15, 0.2) is 18.5 Å². The molecule has 0 saturated carbocycles. The summed E-state index contributed by atoms with van der Waals surface area (Å²) in [4.78, 5) is 14.5. The van der Waals surface area contributed by atoms with Crippen LogP contribution < -0.4 is 0 Å². The highest BCUT2D eigenvalue weighted by Crippen LogP contribution is 2.26. The van der Waals surface area contributed by atoms with Crippen LogP contribution in [-0.4, -0.2) is 50.5 Å². The number of rotatable bonds is 2. The Morgan fingerprint density at radius 3 is 3.05 bits per heavy atom. The molecule has 7 heteroatoms. The zero-order valence-corrected chi connectivity index (χ0v) is 11.5. The lowest BCUT2D eigenvalue weighted by molar-refractivity contribution is -0.00463. The Bertz CT molecular complexity index is 618. The van der Waals surface area contributed by atoms with Crippen LogP contribution in [0.2, 0.25) is 0 Å². The fourth-order valence-electron chi connectivity index (χ4n) is 2.51. The molecule has 1 aliphatic rings. The van der Waals surface area contributed by atoms with Crippen LogP contribution in [0.25, 0.3) is 0 Å². The molecule has 0 bridgehead atoms. The van der Waals surface area contributed by atoms with E-state index >= 15 is 0 Å². The number of aromatic amines is 1. The van der Waals surface area contributed by atoms with Crippen molar-refractivity contribution in [1.29, 1.82) is 0 Å². The van der Waals surface area contributed by atoms with E-state index in [4.69, 9.17) is 4.74 Å². The number of nitrogens with zero attached hydrogens (tertiary/aromatic N) is 4. The molecular weight excluding hydrogens is 258 g/mol. The van der Waals surface area contributed by atoms with Crippen LogP contribution in [0.4, 0.5) is 0 Å². The first-order chi connectivity index (χ1) is 9.68. The summed E-state index contributed by atoms with van der Waals surface area (Å²) in [5, 5.41) is 11.1. The first-order valence-corrected chi connectivity index (χ1v) is 6.55. The van der Waals surface area contributed by atoms with Gasteiger partial charge in [-0.2, -0.15) is 10.2 Å². The SMILES string of the molecule is Cc1cn[nH]c1C1COCCN1C(=O)c1ccnn1C. The third kappa shape index (κ3) is 2.09. The van der Waals surface area contributed by atoms with Crippen molar-refractivity contribution >= 4 is 5.91 Å². The van der Waals surface area contributed by atoms with Crippen LogP contribution in [0.3, 0.4) is 0 Å². The lowest BCUT2D eigenvalue weighted by atomic mass is 10.1. The van der Waals surface area contributed by atoms with E-state index in [9.17, 15) is 4.79 Å². The molecule has 7 nitrogen and oxygen atoms in total. The number of ether oxygens (including phenoxy) is 1. The van der Waals surface area contributed by atoms with Gasteiger partial charge < -0.3 is 9.64 Å². The zero-order chi connectivity index (χ0) is 14.1. The topological polar surface area (TPSA) is 76.0 Å². The maximum atomic E-state index is 12.7. The molecule has 0 aliphatic carbocycles. The van der Waals surface area contributed by atoms with Crippen molar-refractivity contribution in [3.8, 4) is 0 Å². The minimum Gasteiger partial charge on any atom is -0.377 e. The van der Waals surface area contributed by atoms with Crippen molar-refractivity contribution in [1.82, 2.24) is 24.9 Å². The van der Waals surface area contributed by atoms with E-state index in [0.717, 1.165) is 11.3 Å². The Morgan fingerprint density at radius 2 is 2.40 bits per heavy atom. The minimum atomic E-state index is -0.131. The number of hydrogen-bond donors (Lipinski definition) is 1. The largest absolute Gasteiger partial charge is 0.377 e. The van der Waals surface area contributed by atoms with Gasteiger partial charge in [0.2, 0.25) is 0 Å². The van der Waals surface area contributed by atoms with Gasteiger partial charge in [0.15, 0.2) is 0 Å². The van der Waals surface area contributed by atoms with Crippen molar-refractivity contribution in [2.45, 2.75) is 13.0 Å². The molecule has 1 unspecified atom stereocenters. The van der Waals surface area contributed by atoms with Gasteiger partial charge in [0.05, 0.1) is 31.1 Å². The van der Waals surface area contributed by atoms with Crippen molar-refractivity contribution in [3.63, 3.8) is 0 Å². The van der Waals surface area contributed by atoms with Crippen molar-refractivity contribution < 1.29 is 9.53 Å². The van der Waals surface area contributed by atoms with E-state index in [1.165, 1.54) is 0 Å². The molecule has 0 aromatic carbocycles.